The molecular weight excluding hydrogens is 136 g/mol. The van der Waals surface area contributed by atoms with Gasteiger partial charge in [-0.2, -0.15) is 0 Å². The summed E-state index contributed by atoms with van der Waals surface area (Å²) < 4.78 is 9.19. The van der Waals surface area contributed by atoms with Crippen molar-refractivity contribution in [3.05, 3.63) is 0 Å². The molecule has 0 radical (unpaired) electrons. The summed E-state index contributed by atoms with van der Waals surface area (Å²) in [5.41, 5.74) is 0. The molecule has 1 saturated heterocycles. The molecule has 56 valence electrons. The van der Waals surface area contributed by atoms with Gasteiger partial charge in [0.25, 0.3) is 0 Å². The van der Waals surface area contributed by atoms with E-state index in [1.165, 1.54) is 0 Å². The van der Waals surface area contributed by atoms with Crippen LogP contribution in [0.25, 0.3) is 0 Å². The summed E-state index contributed by atoms with van der Waals surface area (Å²) in [6, 6.07) is 0. The van der Waals surface area contributed by atoms with Crippen molar-refractivity contribution in [2.45, 2.75) is 26.1 Å². The molecule has 0 spiro atoms. The minimum atomic E-state index is -0.898. The Morgan fingerprint density at radius 1 is 1.00 bits per heavy atom. The van der Waals surface area contributed by atoms with Crippen LogP contribution >= 0.6 is 0 Å². The minimum absolute atomic E-state index is 0.329. The second-order valence-electron chi connectivity index (χ2n) is 2.22. The maximum absolute atomic E-state index is 10.5. The SMILES string of the molecule is C[C@@H]1OC(=O)C(=O)O[C@@H]1C. The molecule has 10 heavy (non-hydrogen) atoms. The molecule has 0 N–H and O–H groups in total. The molecule has 0 bridgehead atoms. The number of hydrogen-bond donors (Lipinski definition) is 0. The molecular formula is C6H8O4. The van der Waals surface area contributed by atoms with Crippen molar-refractivity contribution < 1.29 is 19.1 Å². The predicted molar refractivity (Wildman–Crippen MR) is 31.1 cm³/mol. The zero-order chi connectivity index (χ0) is 7.72. The van der Waals surface area contributed by atoms with Crippen LogP contribution in [0.3, 0.4) is 0 Å². The second kappa shape index (κ2) is 2.28. The fraction of sp³-hybridized carbons (Fsp3) is 0.667. The number of hydrogen-bond acceptors (Lipinski definition) is 4. The van der Waals surface area contributed by atoms with Crippen molar-refractivity contribution >= 4 is 11.9 Å². The van der Waals surface area contributed by atoms with Gasteiger partial charge in [0.2, 0.25) is 0 Å². The highest BCUT2D eigenvalue weighted by Gasteiger charge is 2.32. The summed E-state index contributed by atoms with van der Waals surface area (Å²) >= 11 is 0. The van der Waals surface area contributed by atoms with Gasteiger partial charge in [0.15, 0.2) is 0 Å². The van der Waals surface area contributed by atoms with E-state index < -0.39 is 11.9 Å². The van der Waals surface area contributed by atoms with E-state index >= 15 is 0 Å². The van der Waals surface area contributed by atoms with Crippen molar-refractivity contribution in [2.24, 2.45) is 0 Å². The number of rotatable bonds is 0. The fourth-order valence-electron chi connectivity index (χ4n) is 0.626. The minimum Gasteiger partial charge on any atom is -0.450 e. The van der Waals surface area contributed by atoms with Crippen LogP contribution in [-0.2, 0) is 19.1 Å². The molecule has 1 fully saturated rings. The van der Waals surface area contributed by atoms with E-state index in [4.69, 9.17) is 0 Å². The average Bonchev–Trinajstić information content (AvgIpc) is 1.84. The lowest BCUT2D eigenvalue weighted by molar-refractivity contribution is -0.191. The standard InChI is InChI=1S/C6H8O4/c1-3-4(2)10-6(8)5(7)9-3/h3-4H,1-2H3/t3-,4+. The highest BCUT2D eigenvalue weighted by atomic mass is 16.6. The monoisotopic (exact) mass is 144 g/mol. The number of carbonyl (C=O) groups is 2. The lowest BCUT2D eigenvalue weighted by Gasteiger charge is -2.24. The molecule has 1 aliphatic rings. The van der Waals surface area contributed by atoms with Crippen LogP contribution in [0.2, 0.25) is 0 Å². The van der Waals surface area contributed by atoms with Gasteiger partial charge in [-0.15, -0.1) is 0 Å². The molecule has 0 saturated carbocycles. The van der Waals surface area contributed by atoms with Gasteiger partial charge in [-0.05, 0) is 13.8 Å². The van der Waals surface area contributed by atoms with E-state index in [0.29, 0.717) is 0 Å². The predicted octanol–water partition coefficient (Wildman–Crippen LogP) is -0.137. The molecule has 4 heteroatoms. The molecule has 1 aliphatic heterocycles. The first-order valence-corrected chi connectivity index (χ1v) is 3.03. The Kier molecular flexibility index (Phi) is 1.61. The van der Waals surface area contributed by atoms with Crippen molar-refractivity contribution in [1.29, 1.82) is 0 Å². The van der Waals surface area contributed by atoms with Gasteiger partial charge in [-0.25, -0.2) is 9.59 Å². The van der Waals surface area contributed by atoms with Crippen LogP contribution < -0.4 is 0 Å². The topological polar surface area (TPSA) is 52.6 Å². The number of carbonyl (C=O) groups excluding carboxylic acids is 2. The molecule has 0 unspecified atom stereocenters. The molecule has 0 amide bonds. The molecule has 0 aromatic rings. The zero-order valence-electron chi connectivity index (χ0n) is 5.79. The van der Waals surface area contributed by atoms with Crippen LogP contribution in [0.5, 0.6) is 0 Å². The zero-order valence-corrected chi connectivity index (χ0v) is 5.79. The third kappa shape index (κ3) is 1.10. The summed E-state index contributed by atoms with van der Waals surface area (Å²) in [5.74, 6) is -1.80. The van der Waals surface area contributed by atoms with Gasteiger partial charge in [-0.1, -0.05) is 0 Å². The second-order valence-corrected chi connectivity index (χ2v) is 2.22. The molecule has 4 nitrogen and oxygen atoms in total. The Labute approximate surface area is 58.1 Å². The molecule has 2 atom stereocenters. The van der Waals surface area contributed by atoms with E-state index in [-0.39, 0.29) is 12.2 Å². The summed E-state index contributed by atoms with van der Waals surface area (Å²) in [5, 5.41) is 0. The first kappa shape index (κ1) is 7.05. The molecule has 0 aromatic carbocycles. The van der Waals surface area contributed by atoms with Crippen molar-refractivity contribution in [1.82, 2.24) is 0 Å². The van der Waals surface area contributed by atoms with Crippen LogP contribution in [0.15, 0.2) is 0 Å². The van der Waals surface area contributed by atoms with Crippen LogP contribution in [0.4, 0.5) is 0 Å². The van der Waals surface area contributed by atoms with Crippen molar-refractivity contribution in [3.8, 4) is 0 Å². The van der Waals surface area contributed by atoms with Crippen LogP contribution in [0, 0.1) is 0 Å². The molecule has 1 rings (SSSR count). The fourth-order valence-corrected chi connectivity index (χ4v) is 0.626. The van der Waals surface area contributed by atoms with Gasteiger partial charge >= 0.3 is 11.9 Å². The third-order valence-electron chi connectivity index (χ3n) is 1.41. The number of cyclic esters (lactones) is 2. The van der Waals surface area contributed by atoms with E-state index in [0.717, 1.165) is 0 Å². The van der Waals surface area contributed by atoms with E-state index in [1.807, 2.05) is 0 Å². The summed E-state index contributed by atoms with van der Waals surface area (Å²) in [6.07, 6.45) is -0.657. The summed E-state index contributed by atoms with van der Waals surface area (Å²) in [7, 11) is 0. The average molecular weight is 144 g/mol. The van der Waals surface area contributed by atoms with Gasteiger partial charge in [0, 0.05) is 0 Å². The first-order chi connectivity index (χ1) is 4.61. The van der Waals surface area contributed by atoms with E-state index in [9.17, 15) is 9.59 Å². The maximum Gasteiger partial charge on any atom is 0.417 e. The van der Waals surface area contributed by atoms with Crippen LogP contribution in [0.1, 0.15) is 13.8 Å². The number of esters is 2. The van der Waals surface area contributed by atoms with Crippen molar-refractivity contribution in [2.75, 3.05) is 0 Å². The largest absolute Gasteiger partial charge is 0.450 e. The first-order valence-electron chi connectivity index (χ1n) is 3.03. The molecule has 0 aromatic heterocycles. The normalized spacial score (nSPS) is 33.0. The Morgan fingerprint density at radius 2 is 1.30 bits per heavy atom. The number of ether oxygens (including phenoxy) is 2. The smallest absolute Gasteiger partial charge is 0.417 e. The van der Waals surface area contributed by atoms with Gasteiger partial charge in [0.05, 0.1) is 0 Å². The lowest BCUT2D eigenvalue weighted by atomic mass is 10.2. The Bertz CT molecular complexity index is 155. The summed E-state index contributed by atoms with van der Waals surface area (Å²) in [6.45, 7) is 3.35. The Hall–Kier alpha value is -1.06. The quantitative estimate of drug-likeness (QED) is 0.351. The third-order valence-corrected chi connectivity index (χ3v) is 1.41. The summed E-state index contributed by atoms with van der Waals surface area (Å²) in [4.78, 5) is 20.9. The molecule has 1 heterocycles. The highest BCUT2D eigenvalue weighted by Crippen LogP contribution is 2.09. The van der Waals surface area contributed by atoms with Gasteiger partial charge in [-0.3, -0.25) is 0 Å². The van der Waals surface area contributed by atoms with Gasteiger partial charge in [0.1, 0.15) is 12.2 Å². The highest BCUT2D eigenvalue weighted by molar-refractivity contribution is 6.30. The Balaban J connectivity index is 2.63. The lowest BCUT2D eigenvalue weighted by Crippen LogP contribution is -2.41. The molecule has 0 aliphatic carbocycles. The Morgan fingerprint density at radius 3 is 1.60 bits per heavy atom. The van der Waals surface area contributed by atoms with Gasteiger partial charge < -0.3 is 9.47 Å². The van der Waals surface area contributed by atoms with E-state index in [2.05, 4.69) is 9.47 Å². The van der Waals surface area contributed by atoms with Crippen molar-refractivity contribution in [3.63, 3.8) is 0 Å². The van der Waals surface area contributed by atoms with Crippen LogP contribution in [-0.4, -0.2) is 24.1 Å². The van der Waals surface area contributed by atoms with E-state index in [1.54, 1.807) is 13.8 Å². The maximum atomic E-state index is 10.5.